The lowest BCUT2D eigenvalue weighted by Gasteiger charge is -2.44. The number of carbonyl (C=O) groups excluding carboxylic acids is 1. The number of phenolic OH excluding ortho intramolecular Hbond substituents is 4. The van der Waals surface area contributed by atoms with Crippen molar-refractivity contribution in [3.05, 3.63) is 70.4 Å². The molecule has 0 amide bonds. The Morgan fingerprint density at radius 1 is 0.806 bits per heavy atom. The minimum atomic E-state index is -2.25. The molecule has 24 nitrogen and oxygen atoms in total. The van der Waals surface area contributed by atoms with E-state index in [0.29, 0.717) is 5.56 Å². The van der Waals surface area contributed by atoms with Gasteiger partial charge >= 0.3 is 5.97 Å². The number of ether oxygens (including phenoxy) is 9. The third-order valence-electron chi connectivity index (χ3n) is 11.3. The highest BCUT2D eigenvalue weighted by Crippen LogP contribution is 2.45. The predicted molar refractivity (Wildman–Crippen MR) is 221 cm³/mol. The van der Waals surface area contributed by atoms with E-state index >= 15 is 0 Å². The summed E-state index contributed by atoms with van der Waals surface area (Å²) in [6.45, 7) is -3.39. The molecule has 4 heterocycles. The summed E-state index contributed by atoms with van der Waals surface area (Å²) in [5.74, 6) is -4.92. The molecular formula is C43H48O24. The molecule has 24 heteroatoms. The van der Waals surface area contributed by atoms with Gasteiger partial charge in [0.15, 0.2) is 53.5 Å². The van der Waals surface area contributed by atoms with Crippen molar-refractivity contribution in [2.24, 2.45) is 0 Å². The lowest BCUT2D eigenvalue weighted by atomic mass is 9.97. The van der Waals surface area contributed by atoms with Crippen molar-refractivity contribution in [1.82, 2.24) is 0 Å². The van der Waals surface area contributed by atoms with E-state index in [9.17, 15) is 70.9 Å². The molecule has 0 radical (unpaired) electrons. The normalized spacial score (nSPS) is 31.0. The number of rotatable bonds is 15. The predicted octanol–water partition coefficient (Wildman–Crippen LogP) is -1.97. The Morgan fingerprint density at radius 3 is 2.15 bits per heavy atom. The van der Waals surface area contributed by atoms with Crippen LogP contribution in [0.5, 0.6) is 40.2 Å². The lowest BCUT2D eigenvalue weighted by molar-refractivity contribution is -0.338. The van der Waals surface area contributed by atoms with Gasteiger partial charge in [-0.1, -0.05) is 12.1 Å². The lowest BCUT2D eigenvalue weighted by Crippen LogP contribution is -2.64. The van der Waals surface area contributed by atoms with Crippen molar-refractivity contribution < 1.29 is 113 Å². The highest BCUT2D eigenvalue weighted by molar-refractivity contribution is 5.91. The van der Waals surface area contributed by atoms with Crippen molar-refractivity contribution in [3.8, 4) is 51.6 Å². The van der Waals surface area contributed by atoms with Gasteiger partial charge in [0.05, 0.1) is 40.6 Å². The number of hydrogen-bond donors (Lipinski definition) is 12. The van der Waals surface area contributed by atoms with Gasteiger partial charge in [0.1, 0.15) is 65.0 Å². The van der Waals surface area contributed by atoms with E-state index in [-0.39, 0.29) is 22.8 Å². The Morgan fingerprint density at radius 2 is 1.49 bits per heavy atom. The molecule has 7 rings (SSSR count). The average Bonchev–Trinajstić information content (AvgIpc) is 3.60. The van der Waals surface area contributed by atoms with Crippen LogP contribution in [-0.2, 0) is 33.2 Å². The summed E-state index contributed by atoms with van der Waals surface area (Å²) >= 11 is 0. The minimum absolute atomic E-state index is 0.0260. The first-order valence-electron chi connectivity index (χ1n) is 20.3. The first-order chi connectivity index (χ1) is 31.9. The number of phenols is 4. The molecule has 3 aliphatic rings. The Kier molecular flexibility index (Phi) is 14.8. The highest BCUT2D eigenvalue weighted by Gasteiger charge is 2.55. The number of aliphatic hydroxyl groups is 8. The zero-order chi connectivity index (χ0) is 48.5. The van der Waals surface area contributed by atoms with Gasteiger partial charge in [0.25, 0.3) is 0 Å². The van der Waals surface area contributed by atoms with Crippen molar-refractivity contribution in [1.29, 1.82) is 0 Å². The zero-order valence-electron chi connectivity index (χ0n) is 35.3. The molecule has 364 valence electrons. The average molecular weight is 949 g/mol. The molecule has 0 unspecified atom stereocenters. The number of methoxy groups -OCH3 is 2. The second kappa shape index (κ2) is 20.2. The van der Waals surface area contributed by atoms with Gasteiger partial charge in [0.2, 0.25) is 23.2 Å². The van der Waals surface area contributed by atoms with Gasteiger partial charge < -0.3 is 108 Å². The molecule has 3 saturated heterocycles. The fourth-order valence-electron chi connectivity index (χ4n) is 7.50. The fourth-order valence-corrected chi connectivity index (χ4v) is 7.50. The molecule has 0 bridgehead atoms. The van der Waals surface area contributed by atoms with E-state index in [4.69, 9.17) is 47.0 Å². The van der Waals surface area contributed by atoms with E-state index < -0.39 is 157 Å². The largest absolute Gasteiger partial charge is 0.508 e. The SMILES string of the molecule is COc1cc(-c2oc3cc(O)c(OC)c(O)c3c(=O)c2O[C@@H]2O[C@H](CO[C@@H]3O[C@H](CO)[C@@H](O)[C@H](O)[C@H]3OC(=O)C=Cc3ccc(O)cc3)[C@@H](O)[C@H](O)[C@H]2O[C@@H]2OC[C@](O)(CO)[C@H]2O)ccc1O. The molecule has 12 N–H and O–H groups in total. The van der Waals surface area contributed by atoms with Crippen LogP contribution < -0.4 is 19.6 Å². The fraction of sp³-hybridized carbons (Fsp3) is 0.442. The molecule has 3 aromatic carbocycles. The van der Waals surface area contributed by atoms with Crippen molar-refractivity contribution in [3.63, 3.8) is 0 Å². The smallest absolute Gasteiger partial charge is 0.331 e. The highest BCUT2D eigenvalue weighted by atomic mass is 16.8. The molecule has 0 spiro atoms. The molecule has 0 aliphatic carbocycles. The first-order valence-corrected chi connectivity index (χ1v) is 20.3. The summed E-state index contributed by atoms with van der Waals surface area (Å²) in [6.07, 6.45) is -20.5. The van der Waals surface area contributed by atoms with Crippen LogP contribution in [0.2, 0.25) is 0 Å². The molecule has 13 atom stereocenters. The quantitative estimate of drug-likeness (QED) is 0.0454. The van der Waals surface area contributed by atoms with E-state index in [1.165, 1.54) is 55.7 Å². The minimum Gasteiger partial charge on any atom is -0.508 e. The first kappa shape index (κ1) is 49.1. The van der Waals surface area contributed by atoms with Crippen LogP contribution in [0.25, 0.3) is 28.4 Å². The maximum atomic E-state index is 14.5. The Labute approximate surface area is 377 Å². The van der Waals surface area contributed by atoms with Crippen molar-refractivity contribution >= 4 is 23.0 Å². The number of benzene rings is 3. The van der Waals surface area contributed by atoms with E-state index in [2.05, 4.69) is 0 Å². The van der Waals surface area contributed by atoms with E-state index in [1.807, 2.05) is 0 Å². The molecule has 67 heavy (non-hydrogen) atoms. The number of hydrogen-bond acceptors (Lipinski definition) is 24. The van der Waals surface area contributed by atoms with Gasteiger partial charge in [-0.05, 0) is 42.0 Å². The summed E-state index contributed by atoms with van der Waals surface area (Å²) in [5.41, 5.74) is -3.39. The van der Waals surface area contributed by atoms with Crippen LogP contribution in [0.15, 0.2) is 63.8 Å². The van der Waals surface area contributed by atoms with Gasteiger partial charge in [-0.25, -0.2) is 4.79 Å². The Bertz CT molecular complexity index is 2480. The summed E-state index contributed by atoms with van der Waals surface area (Å²) < 4.78 is 56.6. The number of fused-ring (bicyclic) bond motifs is 1. The van der Waals surface area contributed by atoms with Gasteiger partial charge in [-0.2, -0.15) is 0 Å². The summed E-state index contributed by atoms with van der Waals surface area (Å²) in [6, 6.07) is 10.3. The molecule has 4 aromatic rings. The van der Waals surface area contributed by atoms with Crippen LogP contribution in [0.3, 0.4) is 0 Å². The van der Waals surface area contributed by atoms with Crippen LogP contribution >= 0.6 is 0 Å². The molecular weight excluding hydrogens is 900 g/mol. The third-order valence-corrected chi connectivity index (χ3v) is 11.3. The van der Waals surface area contributed by atoms with Gasteiger partial charge in [-0.15, -0.1) is 0 Å². The van der Waals surface area contributed by atoms with E-state index in [1.54, 1.807) is 0 Å². The van der Waals surface area contributed by atoms with Crippen molar-refractivity contribution in [2.45, 2.75) is 79.4 Å². The standard InChI is InChI=1S/C43H48O24/c1-58-22-11-18(6-9-20(22)47)34-36(31(53)27-23(62-34)12-21(48)35(59-2)30(27)52)66-41-38(67-42-39(56)43(57,15-45)16-61-42)33(55)29(51)25(64-41)14-60-40-37(32(54)28(50)24(13-44)63-40)65-26(49)10-5-17-3-7-19(46)8-4-17/h3-12,24-25,28-29,32-33,37-42,44-48,50-52,54-57H,13-16H2,1-2H3/t24-,25-,28-,29-,32+,33+,37-,38-,39+,40-,41+,42+,43-/m1/s1. The maximum absolute atomic E-state index is 14.5. The Balaban J connectivity index is 1.25. The molecule has 3 fully saturated rings. The van der Waals surface area contributed by atoms with Gasteiger partial charge in [-0.3, -0.25) is 4.79 Å². The number of esters is 1. The second-order valence-corrected chi connectivity index (χ2v) is 15.6. The maximum Gasteiger partial charge on any atom is 0.331 e. The Hall–Kier alpha value is -5.84. The van der Waals surface area contributed by atoms with E-state index in [0.717, 1.165) is 19.3 Å². The number of aliphatic hydroxyl groups excluding tert-OH is 7. The number of aromatic hydroxyl groups is 4. The second-order valence-electron chi connectivity index (χ2n) is 15.6. The summed E-state index contributed by atoms with van der Waals surface area (Å²) in [7, 11) is 2.32. The third kappa shape index (κ3) is 9.79. The summed E-state index contributed by atoms with van der Waals surface area (Å²) in [5, 5.41) is 127. The summed E-state index contributed by atoms with van der Waals surface area (Å²) in [4.78, 5) is 27.5. The number of carbonyl (C=O) groups is 1. The van der Waals surface area contributed by atoms with Crippen LogP contribution in [0, 0.1) is 0 Å². The van der Waals surface area contributed by atoms with Gasteiger partial charge in [0, 0.05) is 17.7 Å². The van der Waals surface area contributed by atoms with Crippen LogP contribution in [0.1, 0.15) is 5.56 Å². The van der Waals surface area contributed by atoms with Crippen LogP contribution in [0.4, 0.5) is 0 Å². The zero-order valence-corrected chi connectivity index (χ0v) is 35.3. The molecule has 1 aromatic heterocycles. The molecule has 0 saturated carbocycles. The monoisotopic (exact) mass is 948 g/mol. The van der Waals surface area contributed by atoms with Crippen LogP contribution in [-0.4, -0.2) is 187 Å². The topological polar surface area (TPSA) is 373 Å². The molecule has 3 aliphatic heterocycles. The van der Waals surface area contributed by atoms with Crippen molar-refractivity contribution in [2.75, 3.05) is 40.6 Å².